The van der Waals surface area contributed by atoms with E-state index in [4.69, 9.17) is 0 Å². The number of likely N-dealkylation sites (N-methyl/N-ethyl adjacent to an activating group) is 1. The molecule has 1 fully saturated rings. The molecule has 0 aliphatic carbocycles. The highest BCUT2D eigenvalue weighted by molar-refractivity contribution is 6.08. The average Bonchev–Trinajstić information content (AvgIpc) is 3.02. The number of aromatic nitrogens is 2. The Kier molecular flexibility index (Phi) is 8.11. The second kappa shape index (κ2) is 12.2. The molecule has 45 heavy (non-hydrogen) atoms. The molecule has 6 rings (SSSR count). The normalized spacial score (nSPS) is 15.5. The number of carbonyl (C=O) groups excluding carboxylic acids is 2. The first kappa shape index (κ1) is 30.0. The summed E-state index contributed by atoms with van der Waals surface area (Å²) in [6.45, 7) is 3.52. The molecule has 0 radical (unpaired) electrons. The lowest BCUT2D eigenvalue weighted by atomic mass is 10.1. The quantitative estimate of drug-likeness (QED) is 0.272. The predicted molar refractivity (Wildman–Crippen MR) is 163 cm³/mol. The van der Waals surface area contributed by atoms with Gasteiger partial charge in [-0.05, 0) is 61.6 Å². The highest BCUT2D eigenvalue weighted by Gasteiger charge is 2.31. The Morgan fingerprint density at radius 2 is 1.69 bits per heavy atom. The van der Waals surface area contributed by atoms with Crippen molar-refractivity contribution in [2.75, 3.05) is 60.2 Å². The molecule has 4 aromatic rings. The van der Waals surface area contributed by atoms with Crippen molar-refractivity contribution in [3.8, 4) is 0 Å². The van der Waals surface area contributed by atoms with E-state index in [0.717, 1.165) is 38.3 Å². The molecule has 3 aromatic carbocycles. The van der Waals surface area contributed by atoms with Gasteiger partial charge in [-0.25, -0.2) is 14.4 Å². The minimum Gasteiger partial charge on any atom is -0.367 e. The van der Waals surface area contributed by atoms with Crippen LogP contribution in [0, 0.1) is 5.82 Å². The molecule has 2 aliphatic rings. The van der Waals surface area contributed by atoms with Gasteiger partial charge in [0.25, 0.3) is 11.8 Å². The molecular formula is C32H29F4N7O2. The van der Waals surface area contributed by atoms with E-state index in [0.29, 0.717) is 47.0 Å². The van der Waals surface area contributed by atoms with E-state index in [2.05, 4.69) is 25.5 Å². The summed E-state index contributed by atoms with van der Waals surface area (Å²) in [5.41, 5.74) is 1.62. The van der Waals surface area contributed by atoms with Crippen LogP contribution >= 0.6 is 0 Å². The number of carbonyl (C=O) groups is 2. The Morgan fingerprint density at radius 3 is 2.44 bits per heavy atom. The standard InChI is InChI=1S/C32H29F4N7O2/c1-41-12-14-42(15-13-41)28-9-8-23(18-26(28)33)39-31-37-19-25-27(40-31)10-11-43(30(25)45)24-7-3-6-22(17-24)38-29(44)20-4-2-5-21(16-20)32(34,35)36/h2-9,16-19H,10-15H2,1H3,(H,38,44)(H,37,39,40). The largest absolute Gasteiger partial charge is 0.416 e. The first-order valence-corrected chi connectivity index (χ1v) is 14.3. The molecule has 0 spiro atoms. The fourth-order valence-corrected chi connectivity index (χ4v) is 5.37. The number of amides is 2. The van der Waals surface area contributed by atoms with Crippen LogP contribution in [0.4, 0.5) is 46.3 Å². The minimum atomic E-state index is -4.57. The summed E-state index contributed by atoms with van der Waals surface area (Å²) >= 11 is 0. The van der Waals surface area contributed by atoms with Gasteiger partial charge in [-0.3, -0.25) is 9.59 Å². The molecule has 13 heteroatoms. The van der Waals surface area contributed by atoms with Crippen molar-refractivity contribution in [1.29, 1.82) is 0 Å². The molecule has 1 saturated heterocycles. The van der Waals surface area contributed by atoms with Crippen molar-refractivity contribution < 1.29 is 27.2 Å². The predicted octanol–water partition coefficient (Wildman–Crippen LogP) is 5.59. The van der Waals surface area contributed by atoms with Gasteiger partial charge in [-0.2, -0.15) is 13.2 Å². The van der Waals surface area contributed by atoms with E-state index in [-0.39, 0.29) is 23.2 Å². The lowest BCUT2D eigenvalue weighted by Crippen LogP contribution is -2.44. The fourth-order valence-electron chi connectivity index (χ4n) is 5.37. The summed E-state index contributed by atoms with van der Waals surface area (Å²) in [5.74, 6) is -1.16. The van der Waals surface area contributed by atoms with Crippen molar-refractivity contribution in [3.05, 3.63) is 101 Å². The number of nitrogens with one attached hydrogen (secondary N) is 2. The van der Waals surface area contributed by atoms with Crippen molar-refractivity contribution in [2.45, 2.75) is 12.6 Å². The molecule has 3 heterocycles. The molecule has 0 unspecified atom stereocenters. The van der Waals surface area contributed by atoms with Crippen LogP contribution in [-0.2, 0) is 12.6 Å². The summed E-state index contributed by atoms with van der Waals surface area (Å²) < 4.78 is 54.2. The van der Waals surface area contributed by atoms with Gasteiger partial charge in [0.05, 0.1) is 22.5 Å². The number of anilines is 5. The Balaban J connectivity index is 1.13. The highest BCUT2D eigenvalue weighted by Crippen LogP contribution is 2.31. The van der Waals surface area contributed by atoms with Crippen molar-refractivity contribution >= 4 is 40.5 Å². The number of fused-ring (bicyclic) bond motifs is 1. The third-order valence-electron chi connectivity index (χ3n) is 7.83. The number of piperazine rings is 1. The topological polar surface area (TPSA) is 93.7 Å². The van der Waals surface area contributed by atoms with Crippen LogP contribution in [0.2, 0.25) is 0 Å². The van der Waals surface area contributed by atoms with Gasteiger partial charge in [-0.1, -0.05) is 12.1 Å². The second-order valence-corrected chi connectivity index (χ2v) is 10.9. The zero-order chi connectivity index (χ0) is 31.7. The molecule has 0 bridgehead atoms. The van der Waals surface area contributed by atoms with E-state index in [9.17, 15) is 27.2 Å². The SMILES string of the molecule is CN1CCN(c2ccc(Nc3ncc4c(n3)CCN(c3cccc(NC(=O)c5cccc(C(F)(F)F)c5)c3)C4=O)cc2F)CC1. The molecule has 2 amide bonds. The summed E-state index contributed by atoms with van der Waals surface area (Å²) in [4.78, 5) is 40.6. The minimum absolute atomic E-state index is 0.145. The van der Waals surface area contributed by atoms with Gasteiger partial charge in [-0.15, -0.1) is 0 Å². The fraction of sp³-hybridized carbons (Fsp3) is 0.250. The zero-order valence-electron chi connectivity index (χ0n) is 24.2. The third kappa shape index (κ3) is 6.58. The first-order chi connectivity index (χ1) is 21.5. The Bertz CT molecular complexity index is 1760. The monoisotopic (exact) mass is 619 g/mol. The maximum absolute atomic E-state index is 15.0. The number of rotatable bonds is 6. The van der Waals surface area contributed by atoms with E-state index < -0.39 is 17.6 Å². The van der Waals surface area contributed by atoms with E-state index in [1.54, 1.807) is 36.4 Å². The van der Waals surface area contributed by atoms with Gasteiger partial charge in [0, 0.05) is 68.0 Å². The lowest BCUT2D eigenvalue weighted by molar-refractivity contribution is -0.137. The van der Waals surface area contributed by atoms with E-state index >= 15 is 0 Å². The van der Waals surface area contributed by atoms with Gasteiger partial charge in [0.1, 0.15) is 5.82 Å². The van der Waals surface area contributed by atoms with Crippen LogP contribution in [0.25, 0.3) is 0 Å². The van der Waals surface area contributed by atoms with E-state index in [1.807, 2.05) is 11.9 Å². The molecule has 2 N–H and O–H groups in total. The van der Waals surface area contributed by atoms with Crippen molar-refractivity contribution in [2.24, 2.45) is 0 Å². The van der Waals surface area contributed by atoms with Gasteiger partial charge in [0.2, 0.25) is 5.95 Å². The Hall–Kier alpha value is -5.04. The molecule has 9 nitrogen and oxygen atoms in total. The van der Waals surface area contributed by atoms with Gasteiger partial charge in [0.15, 0.2) is 0 Å². The molecule has 232 valence electrons. The Labute approximate surface area is 256 Å². The molecule has 2 aliphatic heterocycles. The summed E-state index contributed by atoms with van der Waals surface area (Å²) in [6.07, 6.45) is -2.74. The van der Waals surface area contributed by atoms with Crippen LogP contribution in [-0.4, -0.2) is 66.5 Å². The maximum atomic E-state index is 15.0. The summed E-state index contributed by atoms with van der Waals surface area (Å²) in [6, 6.07) is 15.5. The summed E-state index contributed by atoms with van der Waals surface area (Å²) in [7, 11) is 2.04. The summed E-state index contributed by atoms with van der Waals surface area (Å²) in [5, 5.41) is 5.62. The first-order valence-electron chi connectivity index (χ1n) is 14.3. The lowest BCUT2D eigenvalue weighted by Gasteiger charge is -2.34. The number of benzene rings is 3. The Morgan fingerprint density at radius 1 is 0.911 bits per heavy atom. The van der Waals surface area contributed by atoms with Gasteiger partial charge < -0.3 is 25.3 Å². The zero-order valence-corrected chi connectivity index (χ0v) is 24.2. The molecular weight excluding hydrogens is 590 g/mol. The van der Waals surface area contributed by atoms with Crippen LogP contribution < -0.4 is 20.4 Å². The van der Waals surface area contributed by atoms with Gasteiger partial charge >= 0.3 is 6.18 Å². The molecule has 0 saturated carbocycles. The number of alkyl halides is 3. The van der Waals surface area contributed by atoms with Crippen molar-refractivity contribution in [3.63, 3.8) is 0 Å². The number of nitrogens with zero attached hydrogens (tertiary/aromatic N) is 5. The van der Waals surface area contributed by atoms with Crippen LogP contribution in [0.15, 0.2) is 72.9 Å². The van der Waals surface area contributed by atoms with Crippen LogP contribution in [0.5, 0.6) is 0 Å². The average molecular weight is 620 g/mol. The van der Waals surface area contributed by atoms with Crippen LogP contribution in [0.3, 0.4) is 0 Å². The van der Waals surface area contributed by atoms with E-state index in [1.165, 1.54) is 29.3 Å². The third-order valence-corrected chi connectivity index (χ3v) is 7.83. The number of halogens is 4. The molecule has 1 aromatic heterocycles. The number of hydrogen-bond donors (Lipinski definition) is 2. The smallest absolute Gasteiger partial charge is 0.367 e. The molecule has 0 atom stereocenters. The highest BCUT2D eigenvalue weighted by atomic mass is 19.4. The van der Waals surface area contributed by atoms with Crippen LogP contribution in [0.1, 0.15) is 32.0 Å². The maximum Gasteiger partial charge on any atom is 0.416 e. The number of hydrogen-bond acceptors (Lipinski definition) is 7. The second-order valence-electron chi connectivity index (χ2n) is 10.9. The van der Waals surface area contributed by atoms with Crippen molar-refractivity contribution in [1.82, 2.24) is 14.9 Å².